The van der Waals surface area contributed by atoms with Gasteiger partial charge in [0.1, 0.15) is 5.54 Å². The Morgan fingerprint density at radius 1 is 1.53 bits per heavy atom. The Bertz CT molecular complexity index is 305. The fraction of sp³-hybridized carbons (Fsp3) is 0.833. The number of aliphatic carboxylic acids is 1. The van der Waals surface area contributed by atoms with Gasteiger partial charge in [-0.05, 0) is 33.1 Å². The Balaban J connectivity index is 2.61. The van der Waals surface area contributed by atoms with Gasteiger partial charge in [0.05, 0.1) is 6.10 Å². The maximum Gasteiger partial charge on any atom is 0.329 e. The van der Waals surface area contributed by atoms with Crippen molar-refractivity contribution in [3.8, 4) is 0 Å². The number of carbonyl (C=O) groups excluding carboxylic acids is 1. The lowest BCUT2D eigenvalue weighted by atomic mass is 9.92. The van der Waals surface area contributed by atoms with E-state index in [2.05, 4.69) is 5.32 Å². The third kappa shape index (κ3) is 3.43. The van der Waals surface area contributed by atoms with Crippen molar-refractivity contribution in [1.82, 2.24) is 5.32 Å². The van der Waals surface area contributed by atoms with Crippen molar-refractivity contribution in [2.45, 2.75) is 51.7 Å². The third-order valence-corrected chi connectivity index (χ3v) is 3.43. The van der Waals surface area contributed by atoms with Gasteiger partial charge in [-0.1, -0.05) is 6.92 Å². The van der Waals surface area contributed by atoms with Crippen LogP contribution in [0.2, 0.25) is 0 Å². The molecular weight excluding hydrogens is 222 g/mol. The molecule has 1 rings (SSSR count). The molecule has 1 saturated heterocycles. The molecule has 0 aliphatic carbocycles. The first kappa shape index (κ1) is 14.0. The predicted octanol–water partition coefficient (Wildman–Crippen LogP) is 1.17. The molecule has 3 atom stereocenters. The SMILES string of the molecule is CCC(C)(NC(=O)C1CCOC(C)C1)C(=O)O. The van der Waals surface area contributed by atoms with E-state index in [-0.39, 0.29) is 17.9 Å². The Kier molecular flexibility index (Phi) is 4.51. The second kappa shape index (κ2) is 5.49. The maximum absolute atomic E-state index is 12.0. The molecule has 1 aliphatic heterocycles. The third-order valence-electron chi connectivity index (χ3n) is 3.43. The van der Waals surface area contributed by atoms with Crippen LogP contribution in [-0.4, -0.2) is 35.2 Å². The van der Waals surface area contributed by atoms with Crippen molar-refractivity contribution in [2.24, 2.45) is 5.92 Å². The van der Waals surface area contributed by atoms with Gasteiger partial charge in [-0.25, -0.2) is 4.79 Å². The number of carbonyl (C=O) groups is 2. The molecule has 3 unspecified atom stereocenters. The van der Waals surface area contributed by atoms with Gasteiger partial charge >= 0.3 is 5.97 Å². The van der Waals surface area contributed by atoms with E-state index >= 15 is 0 Å². The number of hydrogen-bond acceptors (Lipinski definition) is 3. The molecule has 0 saturated carbocycles. The van der Waals surface area contributed by atoms with Crippen molar-refractivity contribution >= 4 is 11.9 Å². The summed E-state index contributed by atoms with van der Waals surface area (Å²) in [5.41, 5.74) is -1.17. The summed E-state index contributed by atoms with van der Waals surface area (Å²) in [6.07, 6.45) is 1.76. The molecule has 0 aromatic heterocycles. The lowest BCUT2D eigenvalue weighted by molar-refractivity contribution is -0.148. The minimum absolute atomic E-state index is 0.0669. The average molecular weight is 243 g/mol. The number of amides is 1. The van der Waals surface area contributed by atoms with Crippen LogP contribution in [0.3, 0.4) is 0 Å². The molecular formula is C12H21NO4. The van der Waals surface area contributed by atoms with Crippen LogP contribution in [0.5, 0.6) is 0 Å². The van der Waals surface area contributed by atoms with E-state index in [1.54, 1.807) is 6.92 Å². The number of rotatable bonds is 4. The highest BCUT2D eigenvalue weighted by atomic mass is 16.5. The second-order valence-electron chi connectivity index (χ2n) is 4.88. The fourth-order valence-electron chi connectivity index (χ4n) is 1.90. The summed E-state index contributed by atoms with van der Waals surface area (Å²) in [7, 11) is 0. The molecule has 17 heavy (non-hydrogen) atoms. The van der Waals surface area contributed by atoms with Crippen LogP contribution in [0, 0.1) is 5.92 Å². The summed E-state index contributed by atoms with van der Waals surface area (Å²) in [4.78, 5) is 23.1. The number of ether oxygens (including phenoxy) is 1. The van der Waals surface area contributed by atoms with Crippen molar-refractivity contribution in [3.05, 3.63) is 0 Å². The average Bonchev–Trinajstić information content (AvgIpc) is 2.28. The van der Waals surface area contributed by atoms with E-state index in [1.165, 1.54) is 6.92 Å². The minimum Gasteiger partial charge on any atom is -0.480 e. The van der Waals surface area contributed by atoms with Crippen LogP contribution in [0.15, 0.2) is 0 Å². The Morgan fingerprint density at radius 3 is 2.65 bits per heavy atom. The normalized spacial score (nSPS) is 28.2. The van der Waals surface area contributed by atoms with Gasteiger partial charge < -0.3 is 15.2 Å². The fourth-order valence-corrected chi connectivity index (χ4v) is 1.90. The van der Waals surface area contributed by atoms with Crippen LogP contribution < -0.4 is 5.32 Å². The molecule has 0 aromatic rings. The van der Waals surface area contributed by atoms with Gasteiger partial charge in [-0.15, -0.1) is 0 Å². The maximum atomic E-state index is 12.0. The number of nitrogens with one attached hydrogen (secondary N) is 1. The number of carboxylic acid groups (broad SMARTS) is 1. The summed E-state index contributed by atoms with van der Waals surface area (Å²) in [5.74, 6) is -1.30. The molecule has 1 heterocycles. The highest BCUT2D eigenvalue weighted by molar-refractivity contribution is 5.87. The van der Waals surface area contributed by atoms with Crippen molar-refractivity contribution < 1.29 is 19.4 Å². The smallest absolute Gasteiger partial charge is 0.329 e. The number of carboxylic acids is 1. The van der Waals surface area contributed by atoms with Crippen LogP contribution in [0.25, 0.3) is 0 Å². The highest BCUT2D eigenvalue weighted by Crippen LogP contribution is 2.21. The van der Waals surface area contributed by atoms with Crippen molar-refractivity contribution in [1.29, 1.82) is 0 Å². The van der Waals surface area contributed by atoms with Gasteiger partial charge in [-0.3, -0.25) is 4.79 Å². The lowest BCUT2D eigenvalue weighted by Gasteiger charge is -2.31. The zero-order chi connectivity index (χ0) is 13.1. The second-order valence-corrected chi connectivity index (χ2v) is 4.88. The monoisotopic (exact) mass is 243 g/mol. The van der Waals surface area contributed by atoms with E-state index in [0.29, 0.717) is 25.9 Å². The Morgan fingerprint density at radius 2 is 2.18 bits per heavy atom. The Labute approximate surface area is 102 Å². The van der Waals surface area contributed by atoms with E-state index in [4.69, 9.17) is 9.84 Å². The largest absolute Gasteiger partial charge is 0.480 e. The molecule has 1 fully saturated rings. The summed E-state index contributed by atoms with van der Waals surface area (Å²) >= 11 is 0. The molecule has 1 aliphatic rings. The summed E-state index contributed by atoms with van der Waals surface area (Å²) in [6.45, 7) is 5.78. The molecule has 5 heteroatoms. The van der Waals surface area contributed by atoms with Gasteiger partial charge in [0.25, 0.3) is 0 Å². The van der Waals surface area contributed by atoms with Crippen LogP contribution >= 0.6 is 0 Å². The zero-order valence-electron chi connectivity index (χ0n) is 10.7. The first-order chi connectivity index (χ1) is 7.89. The van der Waals surface area contributed by atoms with Gasteiger partial charge in [-0.2, -0.15) is 0 Å². The molecule has 98 valence electrons. The summed E-state index contributed by atoms with van der Waals surface area (Å²) in [5, 5.41) is 11.7. The van der Waals surface area contributed by atoms with Gasteiger partial charge in [0.2, 0.25) is 5.91 Å². The minimum atomic E-state index is -1.17. The predicted molar refractivity (Wildman–Crippen MR) is 62.6 cm³/mol. The first-order valence-corrected chi connectivity index (χ1v) is 6.06. The van der Waals surface area contributed by atoms with Crippen LogP contribution in [-0.2, 0) is 14.3 Å². The topological polar surface area (TPSA) is 75.6 Å². The van der Waals surface area contributed by atoms with Crippen molar-refractivity contribution in [3.63, 3.8) is 0 Å². The summed E-state index contributed by atoms with van der Waals surface area (Å²) < 4.78 is 5.37. The van der Waals surface area contributed by atoms with E-state index in [1.807, 2.05) is 6.92 Å². The molecule has 2 N–H and O–H groups in total. The molecule has 5 nitrogen and oxygen atoms in total. The zero-order valence-corrected chi connectivity index (χ0v) is 10.7. The first-order valence-electron chi connectivity index (χ1n) is 6.06. The summed E-state index contributed by atoms with van der Waals surface area (Å²) in [6, 6.07) is 0. The van der Waals surface area contributed by atoms with Crippen LogP contribution in [0.1, 0.15) is 40.0 Å². The molecule has 1 amide bonds. The molecule has 0 spiro atoms. The standard InChI is InChI=1S/C12H21NO4/c1-4-12(3,11(15)16)13-10(14)9-5-6-17-8(2)7-9/h8-9H,4-7H2,1-3H3,(H,13,14)(H,15,16). The molecule has 0 aromatic carbocycles. The highest BCUT2D eigenvalue weighted by Gasteiger charge is 2.36. The van der Waals surface area contributed by atoms with Gasteiger partial charge in [0.15, 0.2) is 0 Å². The van der Waals surface area contributed by atoms with E-state index in [9.17, 15) is 9.59 Å². The molecule has 0 bridgehead atoms. The lowest BCUT2D eigenvalue weighted by Crippen LogP contribution is -2.54. The van der Waals surface area contributed by atoms with Crippen molar-refractivity contribution in [2.75, 3.05) is 6.61 Å². The number of hydrogen-bond donors (Lipinski definition) is 2. The van der Waals surface area contributed by atoms with E-state index < -0.39 is 11.5 Å². The van der Waals surface area contributed by atoms with E-state index in [0.717, 1.165) is 0 Å². The molecule has 0 radical (unpaired) electrons. The quantitative estimate of drug-likeness (QED) is 0.777. The van der Waals surface area contributed by atoms with Gasteiger partial charge in [0, 0.05) is 12.5 Å². The Hall–Kier alpha value is -1.10. The van der Waals surface area contributed by atoms with Crippen LogP contribution in [0.4, 0.5) is 0 Å².